The molecule has 1 aromatic heterocycles. The zero-order valence-corrected chi connectivity index (χ0v) is 16.2. The van der Waals surface area contributed by atoms with Crippen molar-refractivity contribution in [3.63, 3.8) is 0 Å². The lowest BCUT2D eigenvalue weighted by Crippen LogP contribution is -2.37. The van der Waals surface area contributed by atoms with E-state index < -0.39 is 0 Å². The quantitative estimate of drug-likeness (QED) is 0.836. The molecule has 0 atom stereocenters. The zero-order valence-electron chi connectivity index (χ0n) is 16.2. The maximum atomic E-state index is 12.9. The second kappa shape index (κ2) is 8.59. The molecule has 6 nitrogen and oxygen atoms in total. The Balaban J connectivity index is 1.51. The van der Waals surface area contributed by atoms with Gasteiger partial charge in [0.2, 0.25) is 0 Å². The summed E-state index contributed by atoms with van der Waals surface area (Å²) in [6, 6.07) is 10.0. The molecule has 0 spiro atoms. The van der Waals surface area contributed by atoms with Gasteiger partial charge in [0.1, 0.15) is 5.69 Å². The molecular weight excluding hydrogens is 352 g/mol. The van der Waals surface area contributed by atoms with Crippen molar-refractivity contribution < 1.29 is 9.59 Å². The van der Waals surface area contributed by atoms with Gasteiger partial charge in [-0.2, -0.15) is 0 Å². The minimum Gasteiger partial charge on any atom is -0.348 e. The molecule has 2 amide bonds. The summed E-state index contributed by atoms with van der Waals surface area (Å²) in [5.74, 6) is 0.0165. The number of imidazole rings is 1. The summed E-state index contributed by atoms with van der Waals surface area (Å²) < 4.78 is 1.94. The summed E-state index contributed by atoms with van der Waals surface area (Å²) in [6.07, 6.45) is 8.48. The molecule has 0 bridgehead atoms. The minimum atomic E-state index is -0.219. The van der Waals surface area contributed by atoms with Crippen molar-refractivity contribution in [1.29, 1.82) is 0 Å². The van der Waals surface area contributed by atoms with Crippen LogP contribution in [0, 0.1) is 0 Å². The number of carbonyl (C=O) groups is 2. The number of benzene rings is 1. The largest absolute Gasteiger partial charge is 0.348 e. The van der Waals surface area contributed by atoms with Crippen molar-refractivity contribution in [2.75, 3.05) is 0 Å². The Labute approximate surface area is 165 Å². The molecule has 1 aliphatic carbocycles. The van der Waals surface area contributed by atoms with Gasteiger partial charge in [-0.05, 0) is 37.7 Å². The highest BCUT2D eigenvalue weighted by atomic mass is 16.2. The van der Waals surface area contributed by atoms with Gasteiger partial charge in [-0.3, -0.25) is 9.59 Å². The van der Waals surface area contributed by atoms with Gasteiger partial charge in [0.15, 0.2) is 5.82 Å². The van der Waals surface area contributed by atoms with Crippen LogP contribution in [0.2, 0.25) is 0 Å². The summed E-state index contributed by atoms with van der Waals surface area (Å²) in [5, 5.41) is 6.09. The molecule has 148 valence electrons. The number of hydrogen-bond donors (Lipinski definition) is 2. The lowest BCUT2D eigenvalue weighted by molar-refractivity contribution is 0.0921. The Morgan fingerprint density at radius 2 is 1.79 bits per heavy atom. The van der Waals surface area contributed by atoms with Gasteiger partial charge >= 0.3 is 0 Å². The first-order chi connectivity index (χ1) is 13.7. The van der Waals surface area contributed by atoms with E-state index in [1.54, 1.807) is 0 Å². The Morgan fingerprint density at radius 3 is 2.57 bits per heavy atom. The average molecular weight is 380 g/mol. The van der Waals surface area contributed by atoms with Crippen LogP contribution in [0.4, 0.5) is 0 Å². The second-order valence-electron chi connectivity index (χ2n) is 7.82. The monoisotopic (exact) mass is 380 g/mol. The summed E-state index contributed by atoms with van der Waals surface area (Å²) >= 11 is 0. The van der Waals surface area contributed by atoms with E-state index in [4.69, 9.17) is 0 Å². The van der Waals surface area contributed by atoms with Crippen molar-refractivity contribution in [3.05, 3.63) is 53.1 Å². The summed E-state index contributed by atoms with van der Waals surface area (Å²) in [5.41, 5.74) is 2.39. The van der Waals surface area contributed by atoms with Gasteiger partial charge in [-0.1, -0.05) is 49.6 Å². The first-order valence-corrected chi connectivity index (χ1v) is 10.4. The van der Waals surface area contributed by atoms with E-state index in [1.165, 1.54) is 19.3 Å². The van der Waals surface area contributed by atoms with Crippen molar-refractivity contribution >= 4 is 11.8 Å². The lowest BCUT2D eigenvalue weighted by Gasteiger charge is -2.23. The topological polar surface area (TPSA) is 76.0 Å². The van der Waals surface area contributed by atoms with Gasteiger partial charge < -0.3 is 15.2 Å². The van der Waals surface area contributed by atoms with Crippen molar-refractivity contribution in [1.82, 2.24) is 20.2 Å². The van der Waals surface area contributed by atoms with Gasteiger partial charge in [-0.15, -0.1) is 0 Å². The van der Waals surface area contributed by atoms with Gasteiger partial charge in [0, 0.05) is 19.1 Å². The van der Waals surface area contributed by atoms with E-state index in [2.05, 4.69) is 15.6 Å². The molecule has 2 aliphatic rings. The highest BCUT2D eigenvalue weighted by Gasteiger charge is 2.28. The van der Waals surface area contributed by atoms with Crippen LogP contribution in [0.25, 0.3) is 0 Å². The smallest absolute Gasteiger partial charge is 0.287 e. The predicted octanol–water partition coefficient (Wildman–Crippen LogP) is 3.21. The van der Waals surface area contributed by atoms with Crippen molar-refractivity contribution in [3.8, 4) is 0 Å². The summed E-state index contributed by atoms with van der Waals surface area (Å²) in [7, 11) is 0. The number of nitrogens with zero attached hydrogens (tertiary/aromatic N) is 2. The standard InChI is InChI=1S/C22H28N4O2/c27-21(24-17-11-5-2-6-12-17)19-18-13-7-8-14-26(18)20(25-19)22(28)23-15-16-9-3-1-4-10-16/h1,3-4,9-10,17H,2,5-8,11-15H2,(H,23,28)(H,24,27). The van der Waals surface area contributed by atoms with E-state index in [-0.39, 0.29) is 17.9 Å². The fraction of sp³-hybridized carbons (Fsp3) is 0.500. The van der Waals surface area contributed by atoms with Crippen LogP contribution >= 0.6 is 0 Å². The molecule has 2 aromatic rings. The van der Waals surface area contributed by atoms with Crippen LogP contribution in [0.1, 0.15) is 77.3 Å². The van der Waals surface area contributed by atoms with Crippen LogP contribution < -0.4 is 10.6 Å². The minimum absolute atomic E-state index is 0.125. The van der Waals surface area contributed by atoms with E-state index in [0.29, 0.717) is 18.1 Å². The van der Waals surface area contributed by atoms with Crippen LogP contribution in [-0.2, 0) is 19.5 Å². The fourth-order valence-corrected chi connectivity index (χ4v) is 4.26. The molecule has 0 saturated heterocycles. The third kappa shape index (κ3) is 4.11. The van der Waals surface area contributed by atoms with Crippen LogP contribution in [0.15, 0.2) is 30.3 Å². The van der Waals surface area contributed by atoms with Crippen LogP contribution in [-0.4, -0.2) is 27.4 Å². The number of carbonyl (C=O) groups excluding carboxylic acids is 2. The van der Waals surface area contributed by atoms with Crippen molar-refractivity contribution in [2.24, 2.45) is 0 Å². The van der Waals surface area contributed by atoms with Gasteiger partial charge in [0.05, 0.1) is 5.69 Å². The van der Waals surface area contributed by atoms with Gasteiger partial charge in [0.25, 0.3) is 11.8 Å². The molecule has 1 aromatic carbocycles. The normalized spacial score (nSPS) is 17.0. The number of aromatic nitrogens is 2. The molecule has 0 unspecified atom stereocenters. The third-order valence-corrected chi connectivity index (χ3v) is 5.77. The molecule has 1 fully saturated rings. The first-order valence-electron chi connectivity index (χ1n) is 10.4. The molecule has 4 rings (SSSR count). The number of amides is 2. The predicted molar refractivity (Wildman–Crippen MR) is 107 cm³/mol. The summed E-state index contributed by atoms with van der Waals surface area (Å²) in [4.78, 5) is 30.2. The molecule has 2 N–H and O–H groups in total. The van der Waals surface area contributed by atoms with E-state index in [9.17, 15) is 9.59 Å². The van der Waals surface area contributed by atoms with E-state index in [1.807, 2.05) is 34.9 Å². The SMILES string of the molecule is O=C(NC1CCCCC1)c1nc(C(=O)NCc2ccccc2)n2c1CCCC2. The highest BCUT2D eigenvalue weighted by molar-refractivity contribution is 5.97. The second-order valence-corrected chi connectivity index (χ2v) is 7.82. The van der Waals surface area contributed by atoms with Crippen LogP contribution in [0.5, 0.6) is 0 Å². The Bertz CT molecular complexity index is 838. The Kier molecular flexibility index (Phi) is 5.74. The maximum Gasteiger partial charge on any atom is 0.287 e. The molecule has 28 heavy (non-hydrogen) atoms. The molecule has 1 aliphatic heterocycles. The van der Waals surface area contributed by atoms with E-state index in [0.717, 1.165) is 49.9 Å². The summed E-state index contributed by atoms with van der Waals surface area (Å²) in [6.45, 7) is 1.19. The maximum absolute atomic E-state index is 12.9. The average Bonchev–Trinajstić information content (AvgIpc) is 3.13. The molecule has 6 heteroatoms. The fourth-order valence-electron chi connectivity index (χ4n) is 4.26. The molecule has 1 saturated carbocycles. The first kappa shape index (κ1) is 18.7. The third-order valence-electron chi connectivity index (χ3n) is 5.77. The van der Waals surface area contributed by atoms with E-state index >= 15 is 0 Å². The van der Waals surface area contributed by atoms with Crippen molar-refractivity contribution in [2.45, 2.75) is 70.5 Å². The number of fused-ring (bicyclic) bond motifs is 1. The highest BCUT2D eigenvalue weighted by Crippen LogP contribution is 2.23. The number of hydrogen-bond acceptors (Lipinski definition) is 3. The Morgan fingerprint density at radius 1 is 1.00 bits per heavy atom. The van der Waals surface area contributed by atoms with Gasteiger partial charge in [-0.25, -0.2) is 4.98 Å². The molecular formula is C22H28N4O2. The molecule has 0 radical (unpaired) electrons. The van der Waals surface area contributed by atoms with Crippen LogP contribution in [0.3, 0.4) is 0 Å². The lowest BCUT2D eigenvalue weighted by atomic mass is 9.95. The number of rotatable bonds is 5. The zero-order chi connectivity index (χ0) is 19.3. The molecule has 2 heterocycles. The Hall–Kier alpha value is -2.63. The number of nitrogens with one attached hydrogen (secondary N) is 2.